The second-order valence-corrected chi connectivity index (χ2v) is 3.78. The Labute approximate surface area is 90.3 Å². The number of carbonyl (C=O) groups is 1. The summed E-state index contributed by atoms with van der Waals surface area (Å²) < 4.78 is 0. The van der Waals surface area contributed by atoms with Crippen LogP contribution in [0, 0.1) is 0 Å². The highest BCUT2D eigenvalue weighted by atomic mass is 16.4. The summed E-state index contributed by atoms with van der Waals surface area (Å²) in [5.74, 6) is -0.845. The predicted molar refractivity (Wildman–Crippen MR) is 61.2 cm³/mol. The van der Waals surface area contributed by atoms with Gasteiger partial charge in [0.05, 0.1) is 5.56 Å². The standard InChI is InChI=1S/C13H16O2/c1-10(2)6-5-8-11-7-3-4-9-12(11)13(14)15/h3-4,6-7,9H,5,8H2,1-2H3,(H,14,15). The lowest BCUT2D eigenvalue weighted by Crippen LogP contribution is -2.01. The van der Waals surface area contributed by atoms with E-state index in [1.165, 1.54) is 5.57 Å². The molecule has 0 fully saturated rings. The Morgan fingerprint density at radius 1 is 1.33 bits per heavy atom. The normalized spacial score (nSPS) is 9.73. The molecular formula is C13H16O2. The van der Waals surface area contributed by atoms with Gasteiger partial charge in [0, 0.05) is 0 Å². The molecule has 0 bridgehead atoms. The first-order valence-electron chi connectivity index (χ1n) is 5.06. The number of carboxylic acids is 1. The first-order valence-corrected chi connectivity index (χ1v) is 5.06. The quantitative estimate of drug-likeness (QED) is 0.764. The van der Waals surface area contributed by atoms with Crippen LogP contribution in [0.2, 0.25) is 0 Å². The van der Waals surface area contributed by atoms with Crippen LogP contribution in [0.15, 0.2) is 35.9 Å². The summed E-state index contributed by atoms with van der Waals surface area (Å²) in [6.45, 7) is 4.09. The summed E-state index contributed by atoms with van der Waals surface area (Å²) in [5, 5.41) is 8.96. The highest BCUT2D eigenvalue weighted by Crippen LogP contribution is 2.11. The van der Waals surface area contributed by atoms with Crippen molar-refractivity contribution < 1.29 is 9.90 Å². The third-order valence-electron chi connectivity index (χ3n) is 2.21. The van der Waals surface area contributed by atoms with Gasteiger partial charge < -0.3 is 5.11 Å². The number of hydrogen-bond acceptors (Lipinski definition) is 1. The van der Waals surface area contributed by atoms with E-state index in [0.717, 1.165) is 18.4 Å². The fourth-order valence-corrected chi connectivity index (χ4v) is 1.46. The zero-order chi connectivity index (χ0) is 11.3. The van der Waals surface area contributed by atoms with Gasteiger partial charge >= 0.3 is 5.97 Å². The molecule has 0 unspecified atom stereocenters. The zero-order valence-electron chi connectivity index (χ0n) is 9.16. The molecule has 0 aliphatic heterocycles. The Bertz CT molecular complexity index is 374. The van der Waals surface area contributed by atoms with Gasteiger partial charge in [0.25, 0.3) is 0 Å². The van der Waals surface area contributed by atoms with Crippen molar-refractivity contribution in [3.63, 3.8) is 0 Å². The van der Waals surface area contributed by atoms with Gasteiger partial charge in [-0.2, -0.15) is 0 Å². The number of carboxylic acid groups (broad SMARTS) is 1. The molecule has 0 saturated heterocycles. The summed E-state index contributed by atoms with van der Waals surface area (Å²) in [4.78, 5) is 10.9. The molecule has 0 atom stereocenters. The number of aryl methyl sites for hydroxylation is 1. The molecule has 0 radical (unpaired) electrons. The van der Waals surface area contributed by atoms with E-state index < -0.39 is 5.97 Å². The van der Waals surface area contributed by atoms with Crippen molar-refractivity contribution >= 4 is 5.97 Å². The Hall–Kier alpha value is -1.57. The fraction of sp³-hybridized carbons (Fsp3) is 0.308. The molecule has 80 valence electrons. The van der Waals surface area contributed by atoms with E-state index in [0.29, 0.717) is 5.56 Å². The lowest BCUT2D eigenvalue weighted by molar-refractivity contribution is 0.0695. The van der Waals surface area contributed by atoms with Crippen LogP contribution in [0.3, 0.4) is 0 Å². The lowest BCUT2D eigenvalue weighted by Gasteiger charge is -2.03. The van der Waals surface area contributed by atoms with Gasteiger partial charge in [-0.1, -0.05) is 29.8 Å². The maximum atomic E-state index is 10.9. The van der Waals surface area contributed by atoms with Gasteiger partial charge in [-0.3, -0.25) is 0 Å². The number of hydrogen-bond donors (Lipinski definition) is 1. The minimum Gasteiger partial charge on any atom is -0.478 e. The Morgan fingerprint density at radius 2 is 2.00 bits per heavy atom. The molecule has 0 saturated carbocycles. The van der Waals surface area contributed by atoms with Crippen molar-refractivity contribution in [2.45, 2.75) is 26.7 Å². The zero-order valence-corrected chi connectivity index (χ0v) is 9.16. The number of aromatic carboxylic acids is 1. The molecule has 1 rings (SSSR count). The molecule has 0 spiro atoms. The van der Waals surface area contributed by atoms with Crippen molar-refractivity contribution in [2.75, 3.05) is 0 Å². The first kappa shape index (κ1) is 11.5. The Morgan fingerprint density at radius 3 is 2.60 bits per heavy atom. The minimum absolute atomic E-state index is 0.416. The van der Waals surface area contributed by atoms with Crippen LogP contribution in [-0.4, -0.2) is 11.1 Å². The van der Waals surface area contributed by atoms with Gasteiger partial charge in [-0.25, -0.2) is 4.79 Å². The molecule has 1 N–H and O–H groups in total. The van der Waals surface area contributed by atoms with Crippen LogP contribution >= 0.6 is 0 Å². The Balaban J connectivity index is 2.76. The van der Waals surface area contributed by atoms with Gasteiger partial charge in [-0.05, 0) is 38.3 Å². The van der Waals surface area contributed by atoms with E-state index in [-0.39, 0.29) is 0 Å². The van der Waals surface area contributed by atoms with E-state index in [1.807, 2.05) is 26.0 Å². The van der Waals surface area contributed by atoms with Gasteiger partial charge in [0.1, 0.15) is 0 Å². The number of rotatable bonds is 4. The predicted octanol–water partition coefficient (Wildman–Crippen LogP) is 3.28. The second-order valence-electron chi connectivity index (χ2n) is 3.78. The first-order chi connectivity index (χ1) is 7.11. The van der Waals surface area contributed by atoms with Crippen molar-refractivity contribution in [3.8, 4) is 0 Å². The maximum Gasteiger partial charge on any atom is 0.335 e. The van der Waals surface area contributed by atoms with Crippen LogP contribution < -0.4 is 0 Å². The van der Waals surface area contributed by atoms with E-state index in [1.54, 1.807) is 12.1 Å². The molecular weight excluding hydrogens is 188 g/mol. The summed E-state index contributed by atoms with van der Waals surface area (Å²) in [6, 6.07) is 7.17. The molecule has 0 aliphatic carbocycles. The molecule has 1 aromatic rings. The van der Waals surface area contributed by atoms with Crippen LogP contribution in [0.5, 0.6) is 0 Å². The van der Waals surface area contributed by atoms with E-state index >= 15 is 0 Å². The van der Waals surface area contributed by atoms with Crippen molar-refractivity contribution in [1.29, 1.82) is 0 Å². The average Bonchev–Trinajstić information content (AvgIpc) is 2.17. The summed E-state index contributed by atoms with van der Waals surface area (Å²) in [5.41, 5.74) is 2.59. The molecule has 0 amide bonds. The summed E-state index contributed by atoms with van der Waals surface area (Å²) in [7, 11) is 0. The van der Waals surface area contributed by atoms with Gasteiger partial charge in [0.2, 0.25) is 0 Å². The average molecular weight is 204 g/mol. The second kappa shape index (κ2) is 5.35. The summed E-state index contributed by atoms with van der Waals surface area (Å²) >= 11 is 0. The van der Waals surface area contributed by atoms with Gasteiger partial charge in [0.15, 0.2) is 0 Å². The Kier molecular flexibility index (Phi) is 4.10. The molecule has 15 heavy (non-hydrogen) atoms. The third-order valence-corrected chi connectivity index (χ3v) is 2.21. The van der Waals surface area contributed by atoms with Crippen molar-refractivity contribution in [2.24, 2.45) is 0 Å². The van der Waals surface area contributed by atoms with Crippen LogP contribution in [0.4, 0.5) is 0 Å². The molecule has 0 aliphatic rings. The van der Waals surface area contributed by atoms with Crippen molar-refractivity contribution in [3.05, 3.63) is 47.0 Å². The van der Waals surface area contributed by atoms with Crippen molar-refractivity contribution in [1.82, 2.24) is 0 Å². The third kappa shape index (κ3) is 3.58. The summed E-state index contributed by atoms with van der Waals surface area (Å²) in [6.07, 6.45) is 3.80. The van der Waals surface area contributed by atoms with Crippen LogP contribution in [0.1, 0.15) is 36.2 Å². The number of allylic oxidation sites excluding steroid dienone is 2. The minimum atomic E-state index is -0.845. The highest BCUT2D eigenvalue weighted by Gasteiger charge is 2.07. The largest absolute Gasteiger partial charge is 0.478 e. The SMILES string of the molecule is CC(C)=CCCc1ccccc1C(=O)O. The maximum absolute atomic E-state index is 10.9. The van der Waals surface area contributed by atoms with Crippen LogP contribution in [-0.2, 0) is 6.42 Å². The molecule has 0 aromatic heterocycles. The molecule has 0 heterocycles. The fourth-order valence-electron chi connectivity index (χ4n) is 1.46. The lowest BCUT2D eigenvalue weighted by atomic mass is 10.0. The monoisotopic (exact) mass is 204 g/mol. The topological polar surface area (TPSA) is 37.3 Å². The van der Waals surface area contributed by atoms with E-state index in [4.69, 9.17) is 5.11 Å². The number of benzene rings is 1. The van der Waals surface area contributed by atoms with Crippen LogP contribution in [0.25, 0.3) is 0 Å². The smallest absolute Gasteiger partial charge is 0.335 e. The molecule has 2 heteroatoms. The highest BCUT2D eigenvalue weighted by molar-refractivity contribution is 5.89. The molecule has 1 aromatic carbocycles. The van der Waals surface area contributed by atoms with E-state index in [2.05, 4.69) is 6.08 Å². The van der Waals surface area contributed by atoms with Gasteiger partial charge in [-0.15, -0.1) is 0 Å². The van der Waals surface area contributed by atoms with E-state index in [9.17, 15) is 4.79 Å². The molecule has 2 nitrogen and oxygen atoms in total.